The van der Waals surface area contributed by atoms with Crippen molar-refractivity contribution in [2.24, 2.45) is 0 Å². The van der Waals surface area contributed by atoms with Gasteiger partial charge in [0, 0.05) is 5.39 Å². The van der Waals surface area contributed by atoms with E-state index in [4.69, 9.17) is 4.74 Å². The number of rotatable bonds is 0. The Kier molecular flexibility index (Phi) is 1.96. The van der Waals surface area contributed by atoms with E-state index in [2.05, 4.69) is 0 Å². The summed E-state index contributed by atoms with van der Waals surface area (Å²) in [6.45, 7) is 0. The van der Waals surface area contributed by atoms with Crippen LogP contribution in [0.2, 0.25) is 0 Å². The van der Waals surface area contributed by atoms with E-state index in [1.807, 2.05) is 24.3 Å². The molecule has 0 saturated carbocycles. The van der Waals surface area contributed by atoms with Gasteiger partial charge >= 0.3 is 11.9 Å². The van der Waals surface area contributed by atoms with Crippen LogP contribution in [-0.4, -0.2) is 17.0 Å². The fourth-order valence-electron chi connectivity index (χ4n) is 2.76. The van der Waals surface area contributed by atoms with Gasteiger partial charge in [-0.3, -0.25) is 0 Å². The van der Waals surface area contributed by atoms with Crippen LogP contribution in [0.15, 0.2) is 42.5 Å². The predicted molar refractivity (Wildman–Crippen MR) is 72.9 cm³/mol. The van der Waals surface area contributed by atoms with Crippen LogP contribution in [0.1, 0.15) is 20.7 Å². The first-order valence-electron chi connectivity index (χ1n) is 6.11. The molecule has 1 N–H and O–H groups in total. The minimum absolute atomic E-state index is 0.0582. The first-order valence-corrected chi connectivity index (χ1v) is 6.11. The number of cyclic esters (lactones) is 2. The van der Waals surface area contributed by atoms with Crippen molar-refractivity contribution >= 4 is 33.5 Å². The van der Waals surface area contributed by atoms with Gasteiger partial charge in [0.2, 0.25) is 0 Å². The van der Waals surface area contributed by atoms with E-state index in [1.54, 1.807) is 12.1 Å². The maximum Gasteiger partial charge on any atom is 0.350 e. The Morgan fingerprint density at radius 3 is 2.45 bits per heavy atom. The fraction of sp³-hybridized carbons (Fsp3) is 0. The van der Waals surface area contributed by atoms with E-state index in [0.29, 0.717) is 16.3 Å². The molecule has 1 aliphatic heterocycles. The molecule has 0 atom stereocenters. The van der Waals surface area contributed by atoms with Crippen LogP contribution in [0, 0.1) is 0 Å². The minimum Gasteiger partial charge on any atom is -0.507 e. The van der Waals surface area contributed by atoms with Gasteiger partial charge < -0.3 is 9.84 Å². The van der Waals surface area contributed by atoms with Crippen molar-refractivity contribution in [2.75, 3.05) is 0 Å². The van der Waals surface area contributed by atoms with Gasteiger partial charge in [0.05, 0.1) is 5.56 Å². The molecule has 0 unspecified atom stereocenters. The third-order valence-electron chi connectivity index (χ3n) is 3.60. The maximum absolute atomic E-state index is 12.1. The van der Waals surface area contributed by atoms with Crippen LogP contribution in [0.5, 0.6) is 5.75 Å². The summed E-state index contributed by atoms with van der Waals surface area (Å²) in [7, 11) is 0. The highest BCUT2D eigenvalue weighted by Crippen LogP contribution is 2.38. The Labute approximate surface area is 113 Å². The monoisotopic (exact) mass is 264 g/mol. The number of carbonyl (C=O) groups excluding carboxylic acids is 2. The number of phenols is 1. The van der Waals surface area contributed by atoms with Gasteiger partial charge in [-0.25, -0.2) is 9.59 Å². The van der Waals surface area contributed by atoms with Gasteiger partial charge in [-0.2, -0.15) is 0 Å². The lowest BCUT2D eigenvalue weighted by Gasteiger charge is -2.18. The number of phenolic OH excluding ortho intramolecular Hbond substituents is 1. The summed E-state index contributed by atoms with van der Waals surface area (Å²) in [4.78, 5) is 23.9. The lowest BCUT2D eigenvalue weighted by molar-refractivity contribution is 0.0391. The summed E-state index contributed by atoms with van der Waals surface area (Å²) >= 11 is 0. The minimum atomic E-state index is -0.805. The first-order chi connectivity index (χ1) is 9.66. The number of esters is 2. The van der Waals surface area contributed by atoms with Gasteiger partial charge in [-0.1, -0.05) is 30.3 Å². The van der Waals surface area contributed by atoms with E-state index >= 15 is 0 Å². The highest BCUT2D eigenvalue weighted by molar-refractivity contribution is 6.27. The standard InChI is InChI=1S/C16H8O4/c17-11-6-5-9-7-8-3-1-2-4-10(8)13-12(9)14(11)16(19)20-15(13)18/h1-7,17H. The van der Waals surface area contributed by atoms with E-state index in [1.165, 1.54) is 6.07 Å². The number of carbonyl (C=O) groups is 2. The Bertz CT molecular complexity index is 925. The van der Waals surface area contributed by atoms with Crippen LogP contribution < -0.4 is 0 Å². The Morgan fingerprint density at radius 1 is 0.850 bits per heavy atom. The molecule has 0 spiro atoms. The van der Waals surface area contributed by atoms with Crippen LogP contribution in [0.3, 0.4) is 0 Å². The molecule has 0 bridgehead atoms. The number of benzene rings is 3. The molecule has 20 heavy (non-hydrogen) atoms. The zero-order chi connectivity index (χ0) is 13.9. The number of hydrogen-bond acceptors (Lipinski definition) is 4. The number of ether oxygens (including phenoxy) is 1. The zero-order valence-electron chi connectivity index (χ0n) is 10.2. The topological polar surface area (TPSA) is 63.6 Å². The van der Waals surface area contributed by atoms with Crippen molar-refractivity contribution < 1.29 is 19.4 Å². The Morgan fingerprint density at radius 2 is 1.60 bits per heavy atom. The number of fused-ring (bicyclic) bond motifs is 2. The van der Waals surface area contributed by atoms with Gasteiger partial charge in [0.1, 0.15) is 11.3 Å². The average Bonchev–Trinajstić information content (AvgIpc) is 2.44. The molecule has 4 heteroatoms. The molecule has 0 aromatic heterocycles. The van der Waals surface area contributed by atoms with Crippen LogP contribution in [-0.2, 0) is 4.74 Å². The van der Waals surface area contributed by atoms with E-state index < -0.39 is 11.9 Å². The second-order valence-corrected chi connectivity index (χ2v) is 4.71. The van der Waals surface area contributed by atoms with Crippen molar-refractivity contribution in [1.29, 1.82) is 0 Å². The normalized spacial score (nSPS) is 13.8. The molecule has 1 heterocycles. The van der Waals surface area contributed by atoms with Crippen molar-refractivity contribution in [1.82, 2.24) is 0 Å². The smallest absolute Gasteiger partial charge is 0.350 e. The Balaban J connectivity index is 2.36. The number of aromatic hydroxyl groups is 1. The highest BCUT2D eigenvalue weighted by atomic mass is 16.6. The van der Waals surface area contributed by atoms with Crippen LogP contribution in [0.25, 0.3) is 21.5 Å². The maximum atomic E-state index is 12.1. The van der Waals surface area contributed by atoms with Gasteiger partial charge in [0.25, 0.3) is 0 Å². The molecule has 0 aliphatic carbocycles. The molecule has 0 fully saturated rings. The largest absolute Gasteiger partial charge is 0.507 e. The third-order valence-corrected chi connectivity index (χ3v) is 3.60. The quantitative estimate of drug-likeness (QED) is 0.385. The summed E-state index contributed by atoms with van der Waals surface area (Å²) < 4.78 is 4.75. The summed E-state index contributed by atoms with van der Waals surface area (Å²) in [6, 6.07) is 12.4. The average molecular weight is 264 g/mol. The SMILES string of the molecule is O=C1OC(=O)c2c3ccccc3cc3ccc(O)c1c23. The van der Waals surface area contributed by atoms with Crippen molar-refractivity contribution in [2.45, 2.75) is 0 Å². The molecule has 4 nitrogen and oxygen atoms in total. The van der Waals surface area contributed by atoms with Gasteiger partial charge in [-0.05, 0) is 28.3 Å². The van der Waals surface area contributed by atoms with Crippen molar-refractivity contribution in [3.05, 3.63) is 53.6 Å². The summed E-state index contributed by atoms with van der Waals surface area (Å²) in [6.07, 6.45) is 0. The second kappa shape index (κ2) is 3.57. The van der Waals surface area contributed by atoms with Crippen molar-refractivity contribution in [3.8, 4) is 5.75 Å². The molecular weight excluding hydrogens is 256 g/mol. The van der Waals surface area contributed by atoms with E-state index in [9.17, 15) is 14.7 Å². The number of hydrogen-bond donors (Lipinski definition) is 1. The molecular formula is C16H8O4. The fourth-order valence-corrected chi connectivity index (χ4v) is 2.76. The molecule has 1 aliphatic rings. The molecule has 0 amide bonds. The van der Waals surface area contributed by atoms with E-state index in [0.717, 1.165) is 10.8 Å². The molecule has 4 rings (SSSR count). The second-order valence-electron chi connectivity index (χ2n) is 4.71. The molecule has 3 aromatic rings. The van der Waals surface area contributed by atoms with Crippen LogP contribution in [0.4, 0.5) is 0 Å². The Hall–Kier alpha value is -2.88. The predicted octanol–water partition coefficient (Wildman–Crippen LogP) is 3.01. The van der Waals surface area contributed by atoms with Gasteiger partial charge in [0.15, 0.2) is 0 Å². The van der Waals surface area contributed by atoms with Gasteiger partial charge in [-0.15, -0.1) is 0 Å². The molecule has 0 radical (unpaired) electrons. The summed E-state index contributed by atoms with van der Waals surface area (Å²) in [5, 5.41) is 12.7. The van der Waals surface area contributed by atoms with Crippen LogP contribution >= 0.6 is 0 Å². The summed E-state index contributed by atoms with van der Waals surface area (Å²) in [5.41, 5.74) is 0.395. The molecule has 96 valence electrons. The first kappa shape index (κ1) is 11.0. The van der Waals surface area contributed by atoms with E-state index in [-0.39, 0.29) is 11.3 Å². The molecule has 3 aromatic carbocycles. The lowest BCUT2D eigenvalue weighted by Crippen LogP contribution is -2.20. The highest BCUT2D eigenvalue weighted by Gasteiger charge is 2.31. The third kappa shape index (κ3) is 1.25. The lowest BCUT2D eigenvalue weighted by atomic mass is 9.91. The zero-order valence-corrected chi connectivity index (χ0v) is 10.2. The summed E-state index contributed by atoms with van der Waals surface area (Å²) in [5.74, 6) is -1.65. The molecule has 0 saturated heterocycles. The van der Waals surface area contributed by atoms with Crippen molar-refractivity contribution in [3.63, 3.8) is 0 Å².